The van der Waals surface area contributed by atoms with Gasteiger partial charge < -0.3 is 4.98 Å². The van der Waals surface area contributed by atoms with Gasteiger partial charge in [-0.25, -0.2) is 9.50 Å². The summed E-state index contributed by atoms with van der Waals surface area (Å²) < 4.78 is 1.26. The first-order valence-corrected chi connectivity index (χ1v) is 3.14. The van der Waals surface area contributed by atoms with E-state index >= 15 is 0 Å². The zero-order chi connectivity index (χ0) is 8.55. The summed E-state index contributed by atoms with van der Waals surface area (Å²) >= 11 is 0. The first kappa shape index (κ1) is 6.54. The van der Waals surface area contributed by atoms with Crippen LogP contribution >= 0.6 is 0 Å². The largest absolute Gasteiger partial charge is 0.310 e. The summed E-state index contributed by atoms with van der Waals surface area (Å²) in [6.07, 6.45) is 2.57. The fraction of sp³-hybridized carbons (Fsp3) is 0. The number of nitrogens with one attached hydrogen (secondary N) is 1. The Hall–Kier alpha value is -2.16. The summed E-state index contributed by atoms with van der Waals surface area (Å²) in [6, 6.07) is 1.80. The van der Waals surface area contributed by atoms with E-state index in [9.17, 15) is 4.79 Å². The van der Waals surface area contributed by atoms with Gasteiger partial charge >= 0.3 is 0 Å². The molecular weight excluding hydrogens is 158 g/mol. The highest BCUT2D eigenvalue weighted by molar-refractivity contribution is 5.54. The molecule has 0 fully saturated rings. The second kappa shape index (κ2) is 2.17. The molecule has 0 radical (unpaired) electrons. The van der Waals surface area contributed by atoms with Gasteiger partial charge in [0, 0.05) is 0 Å². The number of nitriles is 1. The van der Waals surface area contributed by atoms with Crippen LogP contribution < -0.4 is 5.56 Å². The number of fused-ring (bicyclic) bond motifs is 1. The van der Waals surface area contributed by atoms with E-state index < -0.39 is 0 Å². The lowest BCUT2D eigenvalue weighted by atomic mass is 10.4. The van der Waals surface area contributed by atoms with E-state index in [0.717, 1.165) is 0 Å². The Morgan fingerprint density at radius 3 is 3.25 bits per heavy atom. The van der Waals surface area contributed by atoms with Gasteiger partial charge in [0.15, 0.2) is 11.2 Å². The molecule has 12 heavy (non-hydrogen) atoms. The lowest BCUT2D eigenvalue weighted by Gasteiger charge is -1.87. The molecular formula is C6H3N5O. The number of imidazole rings is 1. The zero-order valence-electron chi connectivity index (χ0n) is 5.85. The van der Waals surface area contributed by atoms with Gasteiger partial charge in [-0.05, 0) is 0 Å². The van der Waals surface area contributed by atoms with Crippen LogP contribution in [0.5, 0.6) is 0 Å². The first-order chi connectivity index (χ1) is 5.83. The van der Waals surface area contributed by atoms with E-state index in [-0.39, 0.29) is 16.8 Å². The summed E-state index contributed by atoms with van der Waals surface area (Å²) in [5, 5.41) is 12.3. The third kappa shape index (κ3) is 0.703. The Kier molecular flexibility index (Phi) is 1.18. The number of hydrogen-bond donors (Lipinski definition) is 1. The summed E-state index contributed by atoms with van der Waals surface area (Å²) in [7, 11) is 0. The lowest BCUT2D eigenvalue weighted by Crippen LogP contribution is -2.10. The van der Waals surface area contributed by atoms with Crippen LogP contribution in [0.2, 0.25) is 0 Å². The van der Waals surface area contributed by atoms with E-state index in [4.69, 9.17) is 5.26 Å². The summed E-state index contributed by atoms with van der Waals surface area (Å²) in [6.45, 7) is 0. The van der Waals surface area contributed by atoms with Crippen molar-refractivity contribution < 1.29 is 0 Å². The minimum absolute atomic E-state index is 0.0874. The predicted molar refractivity (Wildman–Crippen MR) is 38.3 cm³/mol. The van der Waals surface area contributed by atoms with Crippen LogP contribution in [0, 0.1) is 11.3 Å². The molecule has 0 aromatic carbocycles. The average Bonchev–Trinajstić information content (AvgIpc) is 2.49. The SMILES string of the molecule is N#Cc1ncn2nc[nH]c(=O)c12. The summed E-state index contributed by atoms with van der Waals surface area (Å²) in [4.78, 5) is 17.2. The molecule has 0 aliphatic heterocycles. The normalized spacial score (nSPS) is 9.92. The second-order valence-electron chi connectivity index (χ2n) is 2.12. The highest BCUT2D eigenvalue weighted by atomic mass is 16.1. The summed E-state index contributed by atoms with van der Waals surface area (Å²) in [5.41, 5.74) is -0.0941. The zero-order valence-corrected chi connectivity index (χ0v) is 5.85. The van der Waals surface area contributed by atoms with Crippen LogP contribution in [0.25, 0.3) is 5.52 Å². The molecule has 0 atom stereocenters. The maximum atomic E-state index is 11.1. The van der Waals surface area contributed by atoms with Crippen LogP contribution in [0.15, 0.2) is 17.4 Å². The van der Waals surface area contributed by atoms with E-state index in [0.29, 0.717) is 0 Å². The number of aromatic nitrogens is 4. The summed E-state index contributed by atoms with van der Waals surface area (Å²) in [5.74, 6) is 0. The third-order valence-electron chi connectivity index (χ3n) is 1.45. The fourth-order valence-electron chi connectivity index (χ4n) is 0.939. The van der Waals surface area contributed by atoms with Crippen molar-refractivity contribution in [2.45, 2.75) is 0 Å². The quantitative estimate of drug-likeness (QED) is 0.552. The van der Waals surface area contributed by atoms with E-state index in [1.807, 2.05) is 0 Å². The monoisotopic (exact) mass is 161 g/mol. The van der Waals surface area contributed by atoms with Crippen molar-refractivity contribution in [1.29, 1.82) is 5.26 Å². The van der Waals surface area contributed by atoms with Crippen molar-refractivity contribution in [2.24, 2.45) is 0 Å². The van der Waals surface area contributed by atoms with Gasteiger partial charge in [-0.1, -0.05) is 0 Å². The fourth-order valence-corrected chi connectivity index (χ4v) is 0.939. The van der Waals surface area contributed by atoms with Gasteiger partial charge in [0.1, 0.15) is 18.7 Å². The molecule has 0 bridgehead atoms. The van der Waals surface area contributed by atoms with Crippen molar-refractivity contribution in [3.8, 4) is 6.07 Å². The van der Waals surface area contributed by atoms with Crippen molar-refractivity contribution in [3.63, 3.8) is 0 Å². The van der Waals surface area contributed by atoms with Gasteiger partial charge in [-0.3, -0.25) is 4.79 Å². The van der Waals surface area contributed by atoms with Gasteiger partial charge in [-0.2, -0.15) is 10.4 Å². The van der Waals surface area contributed by atoms with Crippen LogP contribution in [0.1, 0.15) is 5.69 Å². The molecule has 0 spiro atoms. The Bertz CT molecular complexity index is 516. The first-order valence-electron chi connectivity index (χ1n) is 3.14. The number of hydrogen-bond acceptors (Lipinski definition) is 4. The Balaban J connectivity index is 3.05. The van der Waals surface area contributed by atoms with Crippen molar-refractivity contribution in [2.75, 3.05) is 0 Å². The number of rotatable bonds is 0. The maximum Gasteiger partial charge on any atom is 0.278 e. The van der Waals surface area contributed by atoms with Crippen LogP contribution in [-0.4, -0.2) is 19.6 Å². The molecule has 0 aliphatic rings. The van der Waals surface area contributed by atoms with Gasteiger partial charge in [0.25, 0.3) is 5.56 Å². The topological polar surface area (TPSA) is 86.8 Å². The van der Waals surface area contributed by atoms with Crippen molar-refractivity contribution in [1.82, 2.24) is 19.6 Å². The molecule has 2 aromatic rings. The molecule has 2 rings (SSSR count). The third-order valence-corrected chi connectivity index (χ3v) is 1.45. The van der Waals surface area contributed by atoms with Crippen molar-refractivity contribution >= 4 is 5.52 Å². The Labute approximate surface area is 66.1 Å². The molecule has 6 nitrogen and oxygen atoms in total. The Morgan fingerprint density at radius 2 is 2.50 bits per heavy atom. The molecule has 0 saturated carbocycles. The maximum absolute atomic E-state index is 11.1. The van der Waals surface area contributed by atoms with E-state index in [1.165, 1.54) is 17.2 Å². The van der Waals surface area contributed by atoms with Gasteiger partial charge in [0.05, 0.1) is 0 Å². The standard InChI is InChI=1S/C6H3N5O/c7-1-4-5-6(12)8-2-10-11(5)3-9-4/h2-3H,(H,8,10,12). The molecule has 2 aromatic heterocycles. The molecule has 1 N–H and O–H groups in total. The van der Waals surface area contributed by atoms with Crippen LogP contribution in [-0.2, 0) is 0 Å². The van der Waals surface area contributed by atoms with E-state index in [1.54, 1.807) is 6.07 Å². The number of nitrogens with zero attached hydrogens (tertiary/aromatic N) is 4. The second-order valence-corrected chi connectivity index (χ2v) is 2.12. The van der Waals surface area contributed by atoms with Crippen LogP contribution in [0.4, 0.5) is 0 Å². The predicted octanol–water partition coefficient (Wildman–Crippen LogP) is -0.711. The molecule has 2 heterocycles. The number of H-pyrrole nitrogens is 1. The molecule has 0 unspecified atom stereocenters. The van der Waals surface area contributed by atoms with Gasteiger partial charge in [0.2, 0.25) is 0 Å². The minimum atomic E-state index is -0.362. The molecule has 0 amide bonds. The minimum Gasteiger partial charge on any atom is -0.310 e. The Morgan fingerprint density at radius 1 is 1.67 bits per heavy atom. The number of aromatic amines is 1. The molecule has 0 aliphatic carbocycles. The van der Waals surface area contributed by atoms with Crippen LogP contribution in [0.3, 0.4) is 0 Å². The smallest absolute Gasteiger partial charge is 0.278 e. The highest BCUT2D eigenvalue weighted by Crippen LogP contribution is 1.98. The molecule has 6 heteroatoms. The average molecular weight is 161 g/mol. The molecule has 0 saturated heterocycles. The van der Waals surface area contributed by atoms with Crippen molar-refractivity contribution in [3.05, 3.63) is 28.7 Å². The van der Waals surface area contributed by atoms with Gasteiger partial charge in [-0.15, -0.1) is 0 Å². The highest BCUT2D eigenvalue weighted by Gasteiger charge is 2.06. The molecule has 58 valence electrons. The van der Waals surface area contributed by atoms with E-state index in [2.05, 4.69) is 15.1 Å². The lowest BCUT2D eigenvalue weighted by molar-refractivity contribution is 0.879.